The van der Waals surface area contributed by atoms with Gasteiger partial charge in [-0.25, -0.2) is 4.98 Å². The molecule has 92 valence electrons. The number of hydrogen-bond acceptors (Lipinski definition) is 2. The summed E-state index contributed by atoms with van der Waals surface area (Å²) in [6.07, 6.45) is 3.35. The van der Waals surface area contributed by atoms with Crippen LogP contribution in [0.4, 0.5) is 0 Å². The number of nitrogens with one attached hydrogen (secondary N) is 1. The predicted molar refractivity (Wildman–Crippen MR) is 68.5 cm³/mol. The molecule has 0 bridgehead atoms. The minimum Gasteiger partial charge on any atom is -0.348 e. The molecule has 1 amide bonds. The van der Waals surface area contributed by atoms with E-state index in [1.54, 1.807) is 12.1 Å². The van der Waals surface area contributed by atoms with Gasteiger partial charge in [0.25, 0.3) is 5.91 Å². The Morgan fingerprint density at radius 1 is 1.53 bits per heavy atom. The number of carbonyl (C=O) groups is 1. The first-order valence-corrected chi connectivity index (χ1v) is 6.50. The highest BCUT2D eigenvalue weighted by Gasteiger charge is 2.37. The molecular formula is C12H14Cl2N2O. The van der Waals surface area contributed by atoms with Gasteiger partial charge in [0, 0.05) is 6.04 Å². The lowest BCUT2D eigenvalue weighted by molar-refractivity contribution is 0.0944. The van der Waals surface area contributed by atoms with Crippen LogP contribution in [0.2, 0.25) is 10.2 Å². The highest BCUT2D eigenvalue weighted by Crippen LogP contribution is 2.34. The molecule has 0 aliphatic heterocycles. The van der Waals surface area contributed by atoms with Crippen LogP contribution in [0.15, 0.2) is 12.1 Å². The molecule has 2 unspecified atom stereocenters. The van der Waals surface area contributed by atoms with Gasteiger partial charge < -0.3 is 5.32 Å². The van der Waals surface area contributed by atoms with Crippen molar-refractivity contribution in [1.29, 1.82) is 0 Å². The Kier molecular flexibility index (Phi) is 3.89. The maximum atomic E-state index is 11.9. The van der Waals surface area contributed by atoms with Crippen LogP contribution >= 0.6 is 23.2 Å². The van der Waals surface area contributed by atoms with E-state index in [1.807, 2.05) is 0 Å². The molecule has 2 atom stereocenters. The van der Waals surface area contributed by atoms with Crippen molar-refractivity contribution in [2.75, 3.05) is 0 Å². The van der Waals surface area contributed by atoms with Crippen LogP contribution in [-0.4, -0.2) is 16.9 Å². The standard InChI is InChI=1S/C12H14Cl2N2O/c1-2-3-7-6-9(7)15-12(17)11-8(13)4-5-10(14)16-11/h4-5,7,9H,2-3,6H2,1H3,(H,15,17). The van der Waals surface area contributed by atoms with E-state index in [9.17, 15) is 4.79 Å². The molecule has 1 aliphatic carbocycles. The molecule has 17 heavy (non-hydrogen) atoms. The number of nitrogens with zero attached hydrogens (tertiary/aromatic N) is 1. The fourth-order valence-corrected chi connectivity index (χ4v) is 2.27. The van der Waals surface area contributed by atoms with E-state index >= 15 is 0 Å². The van der Waals surface area contributed by atoms with Gasteiger partial charge in [0.15, 0.2) is 0 Å². The van der Waals surface area contributed by atoms with Gasteiger partial charge in [0.05, 0.1) is 5.02 Å². The molecule has 0 radical (unpaired) electrons. The molecule has 1 fully saturated rings. The second-order valence-corrected chi connectivity index (χ2v) is 5.12. The van der Waals surface area contributed by atoms with Crippen LogP contribution < -0.4 is 5.32 Å². The monoisotopic (exact) mass is 272 g/mol. The van der Waals surface area contributed by atoms with Crippen molar-refractivity contribution in [2.45, 2.75) is 32.2 Å². The van der Waals surface area contributed by atoms with Crippen molar-refractivity contribution in [2.24, 2.45) is 5.92 Å². The van der Waals surface area contributed by atoms with Crippen LogP contribution in [0.5, 0.6) is 0 Å². The first-order chi connectivity index (χ1) is 8.11. The predicted octanol–water partition coefficient (Wildman–Crippen LogP) is 3.31. The maximum absolute atomic E-state index is 11.9. The lowest BCUT2D eigenvalue weighted by Crippen LogP contribution is -2.28. The smallest absolute Gasteiger partial charge is 0.271 e. The zero-order valence-electron chi connectivity index (χ0n) is 9.54. The Labute approximate surface area is 111 Å². The summed E-state index contributed by atoms with van der Waals surface area (Å²) < 4.78 is 0. The number of hydrogen-bond donors (Lipinski definition) is 1. The Balaban J connectivity index is 1.98. The SMILES string of the molecule is CCCC1CC1NC(=O)c1nc(Cl)ccc1Cl. The van der Waals surface area contributed by atoms with Crippen molar-refractivity contribution in [3.63, 3.8) is 0 Å². The lowest BCUT2D eigenvalue weighted by Gasteiger charge is -2.05. The summed E-state index contributed by atoms with van der Waals surface area (Å²) in [6, 6.07) is 3.43. The Bertz CT molecular complexity index is 437. The highest BCUT2D eigenvalue weighted by atomic mass is 35.5. The second kappa shape index (κ2) is 5.23. The summed E-state index contributed by atoms with van der Waals surface area (Å²) >= 11 is 11.7. The zero-order chi connectivity index (χ0) is 12.4. The van der Waals surface area contributed by atoms with Gasteiger partial charge in [-0.2, -0.15) is 0 Å². The molecule has 1 aliphatic rings. The number of aromatic nitrogens is 1. The Hall–Kier alpha value is -0.800. The Morgan fingerprint density at radius 3 is 3.00 bits per heavy atom. The molecule has 1 aromatic rings. The van der Waals surface area contributed by atoms with E-state index in [4.69, 9.17) is 23.2 Å². The average Bonchev–Trinajstić information content (AvgIpc) is 3.00. The normalized spacial score (nSPS) is 22.3. The number of carbonyl (C=O) groups excluding carboxylic acids is 1. The molecule has 2 rings (SSSR count). The number of rotatable bonds is 4. The number of pyridine rings is 1. The molecule has 1 aromatic heterocycles. The molecule has 1 N–H and O–H groups in total. The van der Waals surface area contributed by atoms with Crippen molar-refractivity contribution in [3.8, 4) is 0 Å². The average molecular weight is 273 g/mol. The van der Waals surface area contributed by atoms with Crippen molar-refractivity contribution in [1.82, 2.24) is 10.3 Å². The van der Waals surface area contributed by atoms with Crippen LogP contribution in [0.25, 0.3) is 0 Å². The summed E-state index contributed by atoms with van der Waals surface area (Å²) in [6.45, 7) is 2.15. The van der Waals surface area contributed by atoms with Gasteiger partial charge in [0.2, 0.25) is 0 Å². The maximum Gasteiger partial charge on any atom is 0.271 e. The molecule has 0 spiro atoms. The first kappa shape index (κ1) is 12.7. The van der Waals surface area contributed by atoms with Crippen molar-refractivity contribution >= 4 is 29.1 Å². The molecule has 3 nitrogen and oxygen atoms in total. The zero-order valence-corrected chi connectivity index (χ0v) is 11.1. The van der Waals surface area contributed by atoms with Gasteiger partial charge >= 0.3 is 0 Å². The van der Waals surface area contributed by atoms with E-state index in [0.29, 0.717) is 10.9 Å². The molecule has 5 heteroatoms. The summed E-state index contributed by atoms with van der Waals surface area (Å²) in [5, 5.41) is 3.54. The summed E-state index contributed by atoms with van der Waals surface area (Å²) in [5.41, 5.74) is 0.210. The molecule has 1 saturated carbocycles. The minimum absolute atomic E-state index is 0.210. The number of amides is 1. The van der Waals surface area contributed by atoms with Gasteiger partial charge in [0.1, 0.15) is 10.8 Å². The topological polar surface area (TPSA) is 42.0 Å². The summed E-state index contributed by atoms with van der Waals surface area (Å²) in [7, 11) is 0. The third-order valence-electron chi connectivity index (χ3n) is 2.93. The van der Waals surface area contributed by atoms with E-state index in [0.717, 1.165) is 19.3 Å². The molecular weight excluding hydrogens is 259 g/mol. The van der Waals surface area contributed by atoms with Gasteiger partial charge in [-0.15, -0.1) is 0 Å². The minimum atomic E-state index is -0.235. The fraction of sp³-hybridized carbons (Fsp3) is 0.500. The van der Waals surface area contributed by atoms with E-state index < -0.39 is 0 Å². The lowest BCUT2D eigenvalue weighted by atomic mass is 10.2. The van der Waals surface area contributed by atoms with E-state index in [2.05, 4.69) is 17.2 Å². The van der Waals surface area contributed by atoms with Crippen molar-refractivity contribution in [3.05, 3.63) is 28.0 Å². The van der Waals surface area contributed by atoms with Crippen molar-refractivity contribution < 1.29 is 4.79 Å². The molecule has 0 saturated heterocycles. The third kappa shape index (κ3) is 3.11. The molecule has 1 heterocycles. The summed E-state index contributed by atoms with van der Waals surface area (Å²) in [4.78, 5) is 15.8. The quantitative estimate of drug-likeness (QED) is 0.855. The van der Waals surface area contributed by atoms with E-state index in [-0.39, 0.29) is 22.8 Å². The number of halogens is 2. The molecule has 0 aromatic carbocycles. The highest BCUT2D eigenvalue weighted by molar-refractivity contribution is 6.34. The first-order valence-electron chi connectivity index (χ1n) is 5.74. The van der Waals surface area contributed by atoms with Gasteiger partial charge in [-0.1, -0.05) is 36.5 Å². The van der Waals surface area contributed by atoms with E-state index in [1.165, 1.54) is 0 Å². The van der Waals surface area contributed by atoms with Crippen LogP contribution in [0, 0.1) is 5.92 Å². The van der Waals surface area contributed by atoms with Crippen LogP contribution in [-0.2, 0) is 0 Å². The Morgan fingerprint density at radius 2 is 2.29 bits per heavy atom. The van der Waals surface area contributed by atoms with Crippen LogP contribution in [0.1, 0.15) is 36.7 Å². The van der Waals surface area contributed by atoms with Gasteiger partial charge in [-0.05, 0) is 30.9 Å². The fourth-order valence-electron chi connectivity index (χ4n) is 1.93. The van der Waals surface area contributed by atoms with Gasteiger partial charge in [-0.3, -0.25) is 4.79 Å². The second-order valence-electron chi connectivity index (χ2n) is 4.33. The largest absolute Gasteiger partial charge is 0.348 e. The summed E-state index contributed by atoms with van der Waals surface area (Å²) in [5.74, 6) is 0.378. The third-order valence-corrected chi connectivity index (χ3v) is 3.44. The van der Waals surface area contributed by atoms with Crippen LogP contribution in [0.3, 0.4) is 0 Å².